The number of benzene rings is 1. The highest BCUT2D eigenvalue weighted by Gasteiger charge is 2.17. The third-order valence-corrected chi connectivity index (χ3v) is 2.53. The lowest BCUT2D eigenvalue weighted by molar-refractivity contribution is 0.0749. The number of Topliss-reactive ketones (excluding diaryl/α,β-unsaturated/α-hetero) is 1. The summed E-state index contributed by atoms with van der Waals surface area (Å²) in [4.78, 5) is 11.6. The Bertz CT molecular complexity index is 328. The zero-order valence-electron chi connectivity index (χ0n) is 7.83. The van der Waals surface area contributed by atoms with Crippen LogP contribution >= 0.6 is 15.9 Å². The van der Waals surface area contributed by atoms with Gasteiger partial charge < -0.3 is 10.4 Å². The predicted octanol–water partition coefficient (Wildman–Crippen LogP) is 1.21. The van der Waals surface area contributed by atoms with Crippen molar-refractivity contribution in [3.63, 3.8) is 0 Å². The number of halogens is 1. The molecule has 0 spiro atoms. The Hall–Kier alpha value is -0.710. The average Bonchev–Trinajstić information content (AvgIpc) is 2.18. The first-order valence-corrected chi connectivity index (χ1v) is 5.07. The molecule has 0 aliphatic carbocycles. The molecule has 1 atom stereocenters. The Balaban J connectivity index is 2.84. The number of rotatable bonds is 4. The van der Waals surface area contributed by atoms with Gasteiger partial charge >= 0.3 is 0 Å². The minimum atomic E-state index is -0.987. The highest BCUT2D eigenvalue weighted by Crippen LogP contribution is 2.17. The third kappa shape index (κ3) is 2.64. The molecule has 0 aliphatic heterocycles. The van der Waals surface area contributed by atoms with Crippen molar-refractivity contribution < 1.29 is 9.90 Å². The maximum atomic E-state index is 11.6. The van der Waals surface area contributed by atoms with Gasteiger partial charge in [0.05, 0.1) is 0 Å². The zero-order valence-corrected chi connectivity index (χ0v) is 9.41. The molecule has 0 aliphatic rings. The summed E-state index contributed by atoms with van der Waals surface area (Å²) in [6, 6.07) is 7.06. The van der Waals surface area contributed by atoms with Gasteiger partial charge in [0.2, 0.25) is 0 Å². The molecule has 1 aromatic rings. The van der Waals surface area contributed by atoms with Crippen molar-refractivity contribution in [1.29, 1.82) is 0 Å². The quantitative estimate of drug-likeness (QED) is 0.798. The van der Waals surface area contributed by atoms with E-state index in [0.29, 0.717) is 10.0 Å². The van der Waals surface area contributed by atoms with Gasteiger partial charge in [0.25, 0.3) is 0 Å². The molecule has 1 unspecified atom stereocenters. The van der Waals surface area contributed by atoms with Crippen LogP contribution < -0.4 is 5.32 Å². The molecule has 0 radical (unpaired) electrons. The average molecular weight is 258 g/mol. The topological polar surface area (TPSA) is 49.3 Å². The van der Waals surface area contributed by atoms with Crippen LogP contribution in [0.4, 0.5) is 0 Å². The largest absolute Gasteiger partial charge is 0.384 e. The Morgan fingerprint density at radius 2 is 2.21 bits per heavy atom. The van der Waals surface area contributed by atoms with E-state index >= 15 is 0 Å². The first-order valence-electron chi connectivity index (χ1n) is 4.28. The lowest BCUT2D eigenvalue weighted by Gasteiger charge is -2.09. The van der Waals surface area contributed by atoms with Gasteiger partial charge in [0.1, 0.15) is 6.10 Å². The van der Waals surface area contributed by atoms with Crippen LogP contribution in [0.1, 0.15) is 10.4 Å². The second kappa shape index (κ2) is 5.24. The number of likely N-dealkylation sites (N-methyl/N-ethyl adjacent to an activating group) is 1. The highest BCUT2D eigenvalue weighted by atomic mass is 79.9. The van der Waals surface area contributed by atoms with Crippen molar-refractivity contribution in [2.45, 2.75) is 6.10 Å². The molecule has 4 heteroatoms. The molecule has 1 rings (SSSR count). The van der Waals surface area contributed by atoms with E-state index in [9.17, 15) is 9.90 Å². The van der Waals surface area contributed by atoms with Crippen molar-refractivity contribution in [1.82, 2.24) is 5.32 Å². The molecule has 0 amide bonds. The highest BCUT2D eigenvalue weighted by molar-refractivity contribution is 9.10. The summed E-state index contributed by atoms with van der Waals surface area (Å²) >= 11 is 3.26. The van der Waals surface area contributed by atoms with Gasteiger partial charge in [-0.25, -0.2) is 0 Å². The molecule has 0 heterocycles. The fraction of sp³-hybridized carbons (Fsp3) is 0.300. The van der Waals surface area contributed by atoms with E-state index in [4.69, 9.17) is 0 Å². The van der Waals surface area contributed by atoms with Crippen molar-refractivity contribution in [2.24, 2.45) is 0 Å². The van der Waals surface area contributed by atoms with Crippen LogP contribution in [0.25, 0.3) is 0 Å². The molecule has 0 saturated carbocycles. The summed E-state index contributed by atoms with van der Waals surface area (Å²) in [5, 5.41) is 12.2. The standard InChI is InChI=1S/C10H12BrNO2/c1-12-6-9(13)10(14)7-4-2-3-5-8(7)11/h2-5,9,12-13H,6H2,1H3. The van der Waals surface area contributed by atoms with Gasteiger partial charge in [-0.2, -0.15) is 0 Å². The number of ketones is 1. The first-order chi connectivity index (χ1) is 6.66. The number of carbonyl (C=O) groups is 1. The minimum Gasteiger partial charge on any atom is -0.384 e. The summed E-state index contributed by atoms with van der Waals surface area (Å²) in [6.45, 7) is 0.264. The molecule has 76 valence electrons. The van der Waals surface area contributed by atoms with Crippen LogP contribution in [0.3, 0.4) is 0 Å². The maximum absolute atomic E-state index is 11.6. The number of nitrogens with one attached hydrogen (secondary N) is 1. The summed E-state index contributed by atoms with van der Waals surface area (Å²) < 4.78 is 0.708. The molecule has 1 aromatic carbocycles. The van der Waals surface area contributed by atoms with Gasteiger partial charge in [-0.3, -0.25) is 4.79 Å². The van der Waals surface area contributed by atoms with Crippen molar-refractivity contribution in [3.8, 4) is 0 Å². The van der Waals surface area contributed by atoms with Crippen molar-refractivity contribution >= 4 is 21.7 Å². The normalized spacial score (nSPS) is 12.5. The van der Waals surface area contributed by atoms with Gasteiger partial charge in [0, 0.05) is 16.6 Å². The predicted molar refractivity (Wildman–Crippen MR) is 58.4 cm³/mol. The summed E-state index contributed by atoms with van der Waals surface area (Å²) in [5.41, 5.74) is 0.509. The van der Waals surface area contributed by atoms with E-state index < -0.39 is 6.10 Å². The number of aliphatic hydroxyl groups excluding tert-OH is 1. The summed E-state index contributed by atoms with van der Waals surface area (Å²) in [5.74, 6) is -0.271. The van der Waals surface area contributed by atoms with Crippen LogP contribution in [-0.2, 0) is 0 Å². The number of hydrogen-bond donors (Lipinski definition) is 2. The van der Waals surface area contributed by atoms with Crippen LogP contribution in [-0.4, -0.2) is 30.6 Å². The summed E-state index contributed by atoms with van der Waals surface area (Å²) in [6.07, 6.45) is -0.987. The fourth-order valence-electron chi connectivity index (χ4n) is 1.13. The maximum Gasteiger partial charge on any atom is 0.193 e. The zero-order chi connectivity index (χ0) is 10.6. The number of hydrogen-bond acceptors (Lipinski definition) is 3. The molecule has 0 aromatic heterocycles. The second-order valence-corrected chi connectivity index (χ2v) is 3.77. The SMILES string of the molecule is CNCC(O)C(=O)c1ccccc1Br. The number of carbonyl (C=O) groups excluding carboxylic acids is 1. The van der Waals surface area contributed by atoms with Crippen LogP contribution in [0, 0.1) is 0 Å². The lowest BCUT2D eigenvalue weighted by atomic mass is 10.1. The van der Waals surface area contributed by atoms with Crippen LogP contribution in [0.5, 0.6) is 0 Å². The molecular weight excluding hydrogens is 246 g/mol. The lowest BCUT2D eigenvalue weighted by Crippen LogP contribution is -2.31. The Morgan fingerprint density at radius 3 is 2.79 bits per heavy atom. The monoisotopic (exact) mass is 257 g/mol. The van der Waals surface area contributed by atoms with Gasteiger partial charge in [-0.1, -0.05) is 34.1 Å². The second-order valence-electron chi connectivity index (χ2n) is 2.92. The number of aliphatic hydroxyl groups is 1. The van der Waals surface area contributed by atoms with Crippen LogP contribution in [0.2, 0.25) is 0 Å². The molecule has 2 N–H and O–H groups in total. The van der Waals surface area contributed by atoms with E-state index in [2.05, 4.69) is 21.2 Å². The third-order valence-electron chi connectivity index (χ3n) is 1.84. The Morgan fingerprint density at radius 1 is 1.57 bits per heavy atom. The van der Waals surface area contributed by atoms with E-state index in [1.54, 1.807) is 25.2 Å². The van der Waals surface area contributed by atoms with Crippen LogP contribution in [0.15, 0.2) is 28.7 Å². The molecule has 14 heavy (non-hydrogen) atoms. The Labute approximate surface area is 91.3 Å². The molecule has 0 saturated heterocycles. The Kier molecular flexibility index (Phi) is 4.25. The molecular formula is C10H12BrNO2. The van der Waals surface area contributed by atoms with E-state index in [1.807, 2.05) is 6.07 Å². The van der Waals surface area contributed by atoms with Gasteiger partial charge in [-0.05, 0) is 13.1 Å². The van der Waals surface area contributed by atoms with Crippen molar-refractivity contribution in [3.05, 3.63) is 34.3 Å². The van der Waals surface area contributed by atoms with E-state index in [0.717, 1.165) is 0 Å². The molecule has 0 bridgehead atoms. The molecule has 3 nitrogen and oxygen atoms in total. The van der Waals surface area contributed by atoms with E-state index in [1.165, 1.54) is 0 Å². The first kappa shape index (κ1) is 11.4. The smallest absolute Gasteiger partial charge is 0.193 e. The summed E-state index contributed by atoms with van der Waals surface area (Å²) in [7, 11) is 1.69. The minimum absolute atomic E-state index is 0.264. The molecule has 0 fully saturated rings. The van der Waals surface area contributed by atoms with Crippen molar-refractivity contribution in [2.75, 3.05) is 13.6 Å². The van der Waals surface area contributed by atoms with Gasteiger partial charge in [-0.15, -0.1) is 0 Å². The fourth-order valence-corrected chi connectivity index (χ4v) is 1.61. The van der Waals surface area contributed by atoms with E-state index in [-0.39, 0.29) is 12.3 Å². The van der Waals surface area contributed by atoms with Gasteiger partial charge in [0.15, 0.2) is 5.78 Å².